The minimum atomic E-state index is -0.920. The van der Waals surface area contributed by atoms with Crippen molar-refractivity contribution in [2.75, 3.05) is 48.3 Å². The Morgan fingerprint density at radius 2 is 1.54 bits per heavy atom. The molecule has 0 spiro atoms. The van der Waals surface area contributed by atoms with Crippen LogP contribution in [0, 0.1) is 0 Å². The number of carbonyl (C=O) groups is 3. The quantitative estimate of drug-likeness (QED) is 0.214. The molecule has 52 heavy (non-hydrogen) atoms. The minimum absolute atomic E-state index is 0.0247. The zero-order valence-electron chi connectivity index (χ0n) is 30.3. The van der Waals surface area contributed by atoms with Gasteiger partial charge < -0.3 is 16.2 Å². The van der Waals surface area contributed by atoms with Gasteiger partial charge in [-0.25, -0.2) is 0 Å². The van der Waals surface area contributed by atoms with E-state index >= 15 is 0 Å². The number of piperidine rings is 1. The van der Waals surface area contributed by atoms with Gasteiger partial charge in [-0.15, -0.1) is 0 Å². The Hall–Kier alpha value is -3.92. The molecule has 2 bridgehead atoms. The van der Waals surface area contributed by atoms with Crippen LogP contribution in [0.5, 0.6) is 0 Å². The number of nitrogens with one attached hydrogen (secondary N) is 2. The predicted molar refractivity (Wildman–Crippen MR) is 207 cm³/mol. The summed E-state index contributed by atoms with van der Waals surface area (Å²) in [6, 6.07) is 18.4. The van der Waals surface area contributed by atoms with Crippen molar-refractivity contribution in [2.24, 2.45) is 5.73 Å². The summed E-state index contributed by atoms with van der Waals surface area (Å²) in [5, 5.41) is 16.6. The molecule has 1 aromatic heterocycles. The molecule has 4 aliphatic rings. The van der Waals surface area contributed by atoms with E-state index in [1.165, 1.54) is 11.3 Å². The van der Waals surface area contributed by atoms with Crippen LogP contribution in [0.4, 0.5) is 17.2 Å². The van der Waals surface area contributed by atoms with Crippen LogP contribution in [0.15, 0.2) is 60.8 Å². The number of fused-ring (bicyclic) bond motifs is 2. The Morgan fingerprint density at radius 3 is 2.17 bits per heavy atom. The van der Waals surface area contributed by atoms with Gasteiger partial charge in [0.15, 0.2) is 0 Å². The topological polar surface area (TPSA) is 144 Å². The summed E-state index contributed by atoms with van der Waals surface area (Å²) < 4.78 is 0.452. The van der Waals surface area contributed by atoms with Gasteiger partial charge in [-0.2, -0.15) is 0 Å². The summed E-state index contributed by atoms with van der Waals surface area (Å²) in [6.07, 6.45) is 8.17. The van der Waals surface area contributed by atoms with E-state index in [0.29, 0.717) is 35.2 Å². The molecule has 7 rings (SSSR count). The molecular weight excluding hydrogens is 717 g/mol. The van der Waals surface area contributed by atoms with Crippen LogP contribution in [0.2, 0.25) is 0 Å². The normalized spacial score (nSPS) is 25.6. The number of piperazine rings is 1. The van der Waals surface area contributed by atoms with E-state index in [0.717, 1.165) is 70.5 Å². The van der Waals surface area contributed by atoms with Gasteiger partial charge in [-0.3, -0.25) is 4.79 Å². The first-order chi connectivity index (χ1) is 25.1. The van der Waals surface area contributed by atoms with Crippen LogP contribution in [-0.4, -0.2) is 111 Å². The molecule has 3 unspecified atom stereocenters. The molecule has 3 saturated heterocycles. The number of nitrogens with two attached hydrogens (primary N) is 1. The van der Waals surface area contributed by atoms with Crippen LogP contribution in [0.25, 0.3) is 0 Å². The standard InChI is InChI=1S/C40H52AsN7O4/c1-25(26-3-9-31(10-4-26)47-19-17-46(2)18-20-47)41-38(50)28-6-16-37(43-24-28)48-32-11-12-33(48)23-30(22-32)45-40(52)27-5-15-35(39(42)51)36(21-27)44-29-7-13-34(49)14-8-29/h3-6,9-10,15-16,21,24-25,29-30,32-34,41,44,49H,7-8,11-14,17-20,22-23H2,1-2H3,(H2,42,51)(H,45,52)/t25-,29?,30?,32?,33?,34?/m0/s1. The van der Waals surface area contributed by atoms with Gasteiger partial charge in [0.25, 0.3) is 5.91 Å². The average Bonchev–Trinajstić information content (AvgIpc) is 3.42. The number of carbonyl (C=O) groups excluding carboxylic acids is 3. The Balaban J connectivity index is 0.930. The second-order valence-electron chi connectivity index (χ2n) is 15.2. The number of rotatable bonds is 11. The number of aromatic nitrogens is 1. The van der Waals surface area contributed by atoms with Crippen molar-refractivity contribution in [3.8, 4) is 0 Å². The van der Waals surface area contributed by atoms with Crippen molar-refractivity contribution >= 4 is 49.3 Å². The zero-order chi connectivity index (χ0) is 36.4. The monoisotopic (exact) mass is 769 g/mol. The molecular formula is C40H52AsN7O4. The first kappa shape index (κ1) is 36.4. The summed E-state index contributed by atoms with van der Waals surface area (Å²) in [6.45, 7) is 6.41. The molecule has 12 heteroatoms. The number of pyridine rings is 1. The number of anilines is 3. The van der Waals surface area contributed by atoms with Crippen LogP contribution in [-0.2, 0) is 0 Å². The summed E-state index contributed by atoms with van der Waals surface area (Å²) in [4.78, 5) is 51.0. The van der Waals surface area contributed by atoms with Gasteiger partial charge in [-0.05, 0) is 43.9 Å². The molecule has 2 aromatic carbocycles. The van der Waals surface area contributed by atoms with Gasteiger partial charge in [0.2, 0.25) is 0 Å². The number of nitrogens with zero attached hydrogens (tertiary/aromatic N) is 4. The molecule has 3 aliphatic heterocycles. The molecule has 1 saturated carbocycles. The first-order valence-corrected chi connectivity index (χ1v) is 21.2. The van der Waals surface area contributed by atoms with Gasteiger partial charge in [0, 0.05) is 11.7 Å². The Morgan fingerprint density at radius 1 is 0.865 bits per heavy atom. The van der Waals surface area contributed by atoms with E-state index in [1.54, 1.807) is 24.4 Å². The van der Waals surface area contributed by atoms with E-state index in [9.17, 15) is 19.5 Å². The predicted octanol–water partition coefficient (Wildman–Crippen LogP) is 3.92. The molecule has 2 amide bonds. The number of hydrogen-bond acceptors (Lipinski definition) is 9. The second kappa shape index (κ2) is 16.0. The summed E-state index contributed by atoms with van der Waals surface area (Å²) in [5.41, 5.74) is 10.2. The van der Waals surface area contributed by atoms with E-state index < -0.39 is 21.7 Å². The maximum atomic E-state index is 13.5. The maximum absolute atomic E-state index is 13.5. The molecule has 276 valence electrons. The number of hydrogen-bond donors (Lipinski definition) is 4. The van der Waals surface area contributed by atoms with Crippen LogP contribution in [0.1, 0.15) is 99.6 Å². The fourth-order valence-electron chi connectivity index (χ4n) is 8.47. The molecule has 11 nitrogen and oxygen atoms in total. The van der Waals surface area contributed by atoms with Gasteiger partial charge in [-0.1, -0.05) is 0 Å². The van der Waals surface area contributed by atoms with Crippen molar-refractivity contribution < 1.29 is 19.5 Å². The Kier molecular flexibility index (Phi) is 11.2. The molecule has 5 N–H and O–H groups in total. The summed E-state index contributed by atoms with van der Waals surface area (Å²) >= 11 is -0.920. The van der Waals surface area contributed by atoms with Crippen molar-refractivity contribution in [3.05, 3.63) is 83.0 Å². The van der Waals surface area contributed by atoms with Crippen molar-refractivity contribution in [1.29, 1.82) is 0 Å². The molecule has 4 heterocycles. The fraction of sp³-hybridized carbons (Fsp3) is 0.500. The van der Waals surface area contributed by atoms with E-state index in [4.69, 9.17) is 10.7 Å². The molecule has 1 aliphatic carbocycles. The van der Waals surface area contributed by atoms with E-state index in [2.05, 4.69) is 63.6 Å². The zero-order valence-corrected chi connectivity index (χ0v) is 32.4. The summed E-state index contributed by atoms with van der Waals surface area (Å²) in [7, 11) is 2.17. The number of aliphatic hydroxyl groups excluding tert-OH is 1. The van der Waals surface area contributed by atoms with Crippen molar-refractivity contribution in [3.63, 3.8) is 0 Å². The Labute approximate surface area is 313 Å². The van der Waals surface area contributed by atoms with Crippen molar-refractivity contribution in [1.82, 2.24) is 15.2 Å². The number of aliphatic hydroxyl groups is 1. The first-order valence-electron chi connectivity index (χ1n) is 18.9. The molecule has 0 radical (unpaired) electrons. The number of amides is 2. The van der Waals surface area contributed by atoms with Gasteiger partial charge in [0.1, 0.15) is 0 Å². The third-order valence-electron chi connectivity index (χ3n) is 11.6. The van der Waals surface area contributed by atoms with Crippen LogP contribution >= 0.6 is 0 Å². The number of likely N-dealkylation sites (N-methyl/N-ethyl adjacent to an activating group) is 1. The van der Waals surface area contributed by atoms with Gasteiger partial charge >= 0.3 is 220 Å². The third-order valence-corrected chi connectivity index (χ3v) is 14.3. The molecule has 3 aromatic rings. The summed E-state index contributed by atoms with van der Waals surface area (Å²) in [5.74, 6) is 0.189. The number of benzene rings is 2. The van der Waals surface area contributed by atoms with E-state index in [1.807, 2.05) is 12.1 Å². The van der Waals surface area contributed by atoms with Crippen LogP contribution in [0.3, 0.4) is 0 Å². The van der Waals surface area contributed by atoms with Crippen LogP contribution < -0.4 is 26.2 Å². The molecule has 4 fully saturated rings. The average molecular weight is 770 g/mol. The van der Waals surface area contributed by atoms with Crippen molar-refractivity contribution in [2.45, 2.75) is 93.3 Å². The van der Waals surface area contributed by atoms with Gasteiger partial charge in [0.05, 0.1) is 11.7 Å². The SMILES string of the molecule is C[C@H]([AsH]C(=O)c1ccc(N2C3CCC2CC(NC(=O)c2ccc(C(N)=O)c(NC4CCC(O)CC4)c2)C3)nc1)c1ccc(N2CCN(C)CC2)cc1. The molecule has 4 atom stereocenters. The second-order valence-corrected chi connectivity index (χ2v) is 18.6. The number of primary amides is 1. The third kappa shape index (κ3) is 8.32. The Bertz CT molecular complexity index is 1730. The van der Waals surface area contributed by atoms with E-state index in [-0.39, 0.29) is 45.5 Å². The fourth-order valence-corrected chi connectivity index (χ4v) is 10.7.